The number of ether oxygens (including phenoxy) is 1. The van der Waals surface area contributed by atoms with Crippen LogP contribution in [0.4, 0.5) is 0 Å². The Balaban J connectivity index is 2.40. The van der Waals surface area contributed by atoms with Crippen molar-refractivity contribution in [1.82, 2.24) is 10.6 Å². The van der Waals surface area contributed by atoms with Crippen molar-refractivity contribution in [3.63, 3.8) is 0 Å². The molecule has 0 aromatic rings. The van der Waals surface area contributed by atoms with E-state index in [-0.39, 0.29) is 12.0 Å². The zero-order valence-electron chi connectivity index (χ0n) is 15.4. The molecule has 0 aromatic carbocycles. The van der Waals surface area contributed by atoms with Crippen molar-refractivity contribution in [2.45, 2.75) is 58.8 Å². The Bertz CT molecular complexity index is 328. The lowest BCUT2D eigenvalue weighted by atomic mass is 9.84. The number of hydrogen-bond acceptors (Lipinski definition) is 3. The van der Waals surface area contributed by atoms with Crippen molar-refractivity contribution >= 4 is 5.96 Å². The first-order chi connectivity index (χ1) is 11.2. The van der Waals surface area contributed by atoms with Gasteiger partial charge in [-0.1, -0.05) is 33.1 Å². The van der Waals surface area contributed by atoms with Crippen LogP contribution in [0.2, 0.25) is 0 Å². The van der Waals surface area contributed by atoms with Gasteiger partial charge >= 0.3 is 0 Å². The SMILES string of the molecule is CCCCC(CCC)CNC(=NC)NCC1(CCO)CCOC1. The summed E-state index contributed by atoms with van der Waals surface area (Å²) >= 11 is 0. The largest absolute Gasteiger partial charge is 0.396 e. The fourth-order valence-electron chi connectivity index (χ4n) is 3.29. The maximum Gasteiger partial charge on any atom is 0.191 e. The topological polar surface area (TPSA) is 65.9 Å². The van der Waals surface area contributed by atoms with E-state index >= 15 is 0 Å². The quantitative estimate of drug-likeness (QED) is 0.403. The van der Waals surface area contributed by atoms with Gasteiger partial charge in [-0.25, -0.2) is 0 Å². The molecule has 0 spiro atoms. The Labute approximate surface area is 142 Å². The molecule has 0 aromatic heterocycles. The molecule has 1 aliphatic heterocycles. The Morgan fingerprint density at radius 3 is 2.65 bits per heavy atom. The number of hydrogen-bond donors (Lipinski definition) is 3. The number of guanidine groups is 1. The summed E-state index contributed by atoms with van der Waals surface area (Å²) in [6.45, 7) is 8.03. The standard InChI is InChI=1S/C18H37N3O2/c1-4-6-8-16(7-5-2)13-20-17(19-3)21-14-18(9-11-22)10-12-23-15-18/h16,22H,4-15H2,1-3H3,(H2,19,20,21). The Hall–Kier alpha value is -0.810. The molecule has 0 bridgehead atoms. The van der Waals surface area contributed by atoms with Gasteiger partial charge in [0.05, 0.1) is 6.61 Å². The zero-order valence-corrected chi connectivity index (χ0v) is 15.4. The molecule has 0 saturated carbocycles. The van der Waals surface area contributed by atoms with Gasteiger partial charge in [0.1, 0.15) is 0 Å². The van der Waals surface area contributed by atoms with Crippen LogP contribution in [0, 0.1) is 11.3 Å². The van der Waals surface area contributed by atoms with Gasteiger partial charge in [-0.2, -0.15) is 0 Å². The molecule has 1 heterocycles. The van der Waals surface area contributed by atoms with Crippen molar-refractivity contribution in [1.29, 1.82) is 0 Å². The highest BCUT2D eigenvalue weighted by Gasteiger charge is 2.34. The van der Waals surface area contributed by atoms with Crippen LogP contribution in [0.5, 0.6) is 0 Å². The minimum absolute atomic E-state index is 0.0530. The van der Waals surface area contributed by atoms with Gasteiger partial charge in [-0.15, -0.1) is 0 Å². The third-order valence-electron chi connectivity index (χ3n) is 4.90. The number of rotatable bonds is 11. The molecule has 1 rings (SSSR count). The van der Waals surface area contributed by atoms with E-state index in [0.717, 1.165) is 51.0 Å². The Morgan fingerprint density at radius 2 is 2.09 bits per heavy atom. The van der Waals surface area contributed by atoms with Gasteiger partial charge in [0, 0.05) is 38.8 Å². The Kier molecular flexibility index (Phi) is 10.3. The van der Waals surface area contributed by atoms with Crippen LogP contribution in [-0.2, 0) is 4.74 Å². The van der Waals surface area contributed by atoms with Crippen LogP contribution in [0.3, 0.4) is 0 Å². The van der Waals surface area contributed by atoms with E-state index in [1.165, 1.54) is 32.1 Å². The second kappa shape index (κ2) is 11.7. The third kappa shape index (κ3) is 7.53. The highest BCUT2D eigenvalue weighted by molar-refractivity contribution is 5.79. The van der Waals surface area contributed by atoms with Crippen LogP contribution in [0.1, 0.15) is 58.8 Å². The van der Waals surface area contributed by atoms with E-state index in [4.69, 9.17) is 4.74 Å². The van der Waals surface area contributed by atoms with Gasteiger partial charge < -0.3 is 20.5 Å². The summed E-state index contributed by atoms with van der Waals surface area (Å²) in [5, 5.41) is 16.2. The molecule has 3 N–H and O–H groups in total. The Morgan fingerprint density at radius 1 is 1.26 bits per heavy atom. The summed E-state index contributed by atoms with van der Waals surface area (Å²) in [5.74, 6) is 1.59. The molecule has 0 amide bonds. The fourth-order valence-corrected chi connectivity index (χ4v) is 3.29. The van der Waals surface area contributed by atoms with Crippen molar-refractivity contribution in [3.8, 4) is 0 Å². The predicted molar refractivity (Wildman–Crippen MR) is 96.9 cm³/mol. The molecule has 2 unspecified atom stereocenters. The minimum Gasteiger partial charge on any atom is -0.396 e. The molecule has 5 heteroatoms. The lowest BCUT2D eigenvalue weighted by Gasteiger charge is -2.28. The first kappa shape index (κ1) is 20.2. The molecule has 136 valence electrons. The number of aliphatic hydroxyl groups excluding tert-OH is 1. The van der Waals surface area contributed by atoms with E-state index < -0.39 is 0 Å². The van der Waals surface area contributed by atoms with Crippen molar-refractivity contribution in [3.05, 3.63) is 0 Å². The summed E-state index contributed by atoms with van der Waals surface area (Å²) < 4.78 is 5.54. The summed E-state index contributed by atoms with van der Waals surface area (Å²) in [4.78, 5) is 4.34. The minimum atomic E-state index is 0.0530. The summed E-state index contributed by atoms with van der Waals surface area (Å²) in [7, 11) is 1.82. The average Bonchev–Trinajstić information content (AvgIpc) is 3.01. The van der Waals surface area contributed by atoms with Gasteiger partial charge in [-0.3, -0.25) is 4.99 Å². The van der Waals surface area contributed by atoms with Crippen LogP contribution >= 0.6 is 0 Å². The molecule has 5 nitrogen and oxygen atoms in total. The maximum atomic E-state index is 9.30. The van der Waals surface area contributed by atoms with E-state index in [9.17, 15) is 5.11 Å². The highest BCUT2D eigenvalue weighted by Crippen LogP contribution is 2.31. The lowest BCUT2D eigenvalue weighted by Crippen LogP contribution is -2.45. The molecular weight excluding hydrogens is 290 g/mol. The van der Waals surface area contributed by atoms with Crippen molar-refractivity contribution in [2.75, 3.05) is 40.0 Å². The average molecular weight is 328 g/mol. The van der Waals surface area contributed by atoms with E-state index in [1.54, 1.807) is 0 Å². The van der Waals surface area contributed by atoms with Gasteiger partial charge in [-0.05, 0) is 31.6 Å². The lowest BCUT2D eigenvalue weighted by molar-refractivity contribution is 0.127. The third-order valence-corrected chi connectivity index (χ3v) is 4.90. The molecule has 1 aliphatic rings. The molecule has 1 saturated heterocycles. The van der Waals surface area contributed by atoms with E-state index in [2.05, 4.69) is 29.5 Å². The molecule has 0 aliphatic carbocycles. The molecule has 0 radical (unpaired) electrons. The van der Waals surface area contributed by atoms with Crippen LogP contribution in [0.15, 0.2) is 4.99 Å². The number of nitrogens with zero attached hydrogens (tertiary/aromatic N) is 1. The van der Waals surface area contributed by atoms with Crippen LogP contribution < -0.4 is 10.6 Å². The van der Waals surface area contributed by atoms with Gasteiger partial charge in [0.2, 0.25) is 0 Å². The number of aliphatic imine (C=N–C) groups is 1. The van der Waals surface area contributed by atoms with Gasteiger partial charge in [0.25, 0.3) is 0 Å². The second-order valence-corrected chi connectivity index (χ2v) is 6.88. The highest BCUT2D eigenvalue weighted by atomic mass is 16.5. The monoisotopic (exact) mass is 327 g/mol. The van der Waals surface area contributed by atoms with Crippen LogP contribution in [-0.4, -0.2) is 51.0 Å². The summed E-state index contributed by atoms with van der Waals surface area (Å²) in [6.07, 6.45) is 8.15. The normalized spacial score (nSPS) is 23.0. The number of nitrogens with one attached hydrogen (secondary N) is 2. The molecule has 1 fully saturated rings. The first-order valence-corrected chi connectivity index (χ1v) is 9.32. The van der Waals surface area contributed by atoms with Crippen LogP contribution in [0.25, 0.3) is 0 Å². The van der Waals surface area contributed by atoms with E-state index in [0.29, 0.717) is 0 Å². The first-order valence-electron chi connectivity index (χ1n) is 9.32. The van der Waals surface area contributed by atoms with Gasteiger partial charge in [0.15, 0.2) is 5.96 Å². The summed E-state index contributed by atoms with van der Waals surface area (Å²) in [6, 6.07) is 0. The predicted octanol–water partition coefficient (Wildman–Crippen LogP) is 2.55. The fraction of sp³-hybridized carbons (Fsp3) is 0.944. The van der Waals surface area contributed by atoms with Crippen molar-refractivity contribution in [2.24, 2.45) is 16.3 Å². The zero-order chi connectivity index (χ0) is 17.0. The van der Waals surface area contributed by atoms with E-state index in [1.807, 2.05) is 7.05 Å². The molecule has 23 heavy (non-hydrogen) atoms. The number of aliphatic hydroxyl groups is 1. The number of unbranched alkanes of at least 4 members (excludes halogenated alkanes) is 1. The summed E-state index contributed by atoms with van der Waals surface area (Å²) in [5.41, 5.74) is 0.0530. The smallest absolute Gasteiger partial charge is 0.191 e. The molecule has 2 atom stereocenters. The van der Waals surface area contributed by atoms with Crippen molar-refractivity contribution < 1.29 is 9.84 Å². The molecular formula is C18H37N3O2. The second-order valence-electron chi connectivity index (χ2n) is 6.88. The maximum absolute atomic E-state index is 9.30.